The molecule has 0 unspecified atom stereocenters. The van der Waals surface area contributed by atoms with E-state index >= 15 is 0 Å². The topological polar surface area (TPSA) is 68.0 Å². The number of nitrogens with one attached hydrogen (secondary N) is 1. The number of nitrogens with zero attached hydrogens (tertiary/aromatic N) is 2. The average Bonchev–Trinajstić information content (AvgIpc) is 3.02. The van der Waals surface area contributed by atoms with E-state index in [-0.39, 0.29) is 12.4 Å². The standard InChI is InChI=1S/C16H10ClF2N3O2/c17-10-4-1-3-9(7-10)15-21-13(24-22-15)8-20-16(23)14-11(18)5-2-6-12(14)19/h1-7H,8H2,(H,20,23). The van der Waals surface area contributed by atoms with Crippen LogP contribution in [0.15, 0.2) is 47.0 Å². The van der Waals surface area contributed by atoms with Crippen molar-refractivity contribution < 1.29 is 18.1 Å². The average molecular weight is 350 g/mol. The van der Waals surface area contributed by atoms with Gasteiger partial charge in [0.05, 0.1) is 6.54 Å². The summed E-state index contributed by atoms with van der Waals surface area (Å²) < 4.78 is 32.0. The van der Waals surface area contributed by atoms with Crippen molar-refractivity contribution in [1.82, 2.24) is 15.5 Å². The highest BCUT2D eigenvalue weighted by atomic mass is 35.5. The second-order valence-corrected chi connectivity index (χ2v) is 5.24. The van der Waals surface area contributed by atoms with Crippen LogP contribution in [-0.4, -0.2) is 16.0 Å². The van der Waals surface area contributed by atoms with Crippen LogP contribution >= 0.6 is 11.6 Å². The summed E-state index contributed by atoms with van der Waals surface area (Å²) in [5.41, 5.74) is -0.0175. The normalized spacial score (nSPS) is 10.6. The van der Waals surface area contributed by atoms with E-state index in [1.165, 1.54) is 6.07 Å². The molecule has 24 heavy (non-hydrogen) atoms. The molecule has 0 fully saturated rings. The number of aromatic nitrogens is 2. The van der Waals surface area contributed by atoms with Crippen LogP contribution in [-0.2, 0) is 6.54 Å². The Labute approximate surface area is 140 Å². The SMILES string of the molecule is O=C(NCc1nc(-c2cccc(Cl)c2)no1)c1c(F)cccc1F. The van der Waals surface area contributed by atoms with Gasteiger partial charge in [0.2, 0.25) is 11.7 Å². The zero-order valence-corrected chi connectivity index (χ0v) is 12.8. The van der Waals surface area contributed by atoms with Gasteiger partial charge in [-0.15, -0.1) is 0 Å². The molecule has 1 N–H and O–H groups in total. The zero-order valence-electron chi connectivity index (χ0n) is 12.1. The summed E-state index contributed by atoms with van der Waals surface area (Å²) in [5.74, 6) is -2.42. The van der Waals surface area contributed by atoms with Gasteiger partial charge in [0, 0.05) is 10.6 Å². The number of rotatable bonds is 4. The minimum atomic E-state index is -0.947. The molecule has 3 aromatic rings. The largest absolute Gasteiger partial charge is 0.343 e. The lowest BCUT2D eigenvalue weighted by Crippen LogP contribution is -2.25. The molecule has 0 aliphatic rings. The molecule has 0 bridgehead atoms. The van der Waals surface area contributed by atoms with Gasteiger partial charge in [-0.1, -0.05) is 35.0 Å². The van der Waals surface area contributed by atoms with Gasteiger partial charge >= 0.3 is 0 Å². The molecule has 3 rings (SSSR count). The van der Waals surface area contributed by atoms with Crippen LogP contribution < -0.4 is 5.32 Å². The highest BCUT2D eigenvalue weighted by molar-refractivity contribution is 6.30. The van der Waals surface area contributed by atoms with Crippen LogP contribution in [0.3, 0.4) is 0 Å². The monoisotopic (exact) mass is 349 g/mol. The van der Waals surface area contributed by atoms with Crippen molar-refractivity contribution >= 4 is 17.5 Å². The molecule has 8 heteroatoms. The molecule has 1 amide bonds. The predicted octanol–water partition coefficient (Wildman–Crippen LogP) is 3.60. The second kappa shape index (κ2) is 6.76. The molecule has 5 nitrogen and oxygen atoms in total. The maximum absolute atomic E-state index is 13.5. The van der Waals surface area contributed by atoms with Crippen LogP contribution in [0, 0.1) is 11.6 Å². The number of amides is 1. The summed E-state index contributed by atoms with van der Waals surface area (Å²) in [7, 11) is 0. The van der Waals surface area contributed by atoms with Crippen molar-refractivity contribution in [2.75, 3.05) is 0 Å². The summed E-state index contributed by atoms with van der Waals surface area (Å²) >= 11 is 5.89. The van der Waals surface area contributed by atoms with Gasteiger partial charge in [-0.25, -0.2) is 8.78 Å². The first-order valence-electron chi connectivity index (χ1n) is 6.85. The quantitative estimate of drug-likeness (QED) is 0.781. The van der Waals surface area contributed by atoms with Crippen molar-refractivity contribution in [3.63, 3.8) is 0 Å². The summed E-state index contributed by atoms with van der Waals surface area (Å²) in [6.07, 6.45) is 0. The fourth-order valence-electron chi connectivity index (χ4n) is 2.03. The fourth-order valence-corrected chi connectivity index (χ4v) is 2.22. The Hall–Kier alpha value is -2.80. The van der Waals surface area contributed by atoms with E-state index in [0.717, 1.165) is 12.1 Å². The van der Waals surface area contributed by atoms with Gasteiger partial charge in [-0.2, -0.15) is 4.98 Å². The Morgan fingerprint density at radius 3 is 2.58 bits per heavy atom. The summed E-state index contributed by atoms with van der Waals surface area (Å²) in [6, 6.07) is 10.0. The lowest BCUT2D eigenvalue weighted by molar-refractivity contribution is 0.0938. The molecule has 122 valence electrons. The molecule has 0 aliphatic carbocycles. The predicted molar refractivity (Wildman–Crippen MR) is 82.3 cm³/mol. The summed E-state index contributed by atoms with van der Waals surface area (Å²) in [5, 5.41) is 6.62. The van der Waals surface area contributed by atoms with E-state index in [4.69, 9.17) is 16.1 Å². The molecule has 0 saturated carbocycles. The molecular formula is C16H10ClF2N3O2. The first kappa shape index (κ1) is 16.1. The van der Waals surface area contributed by atoms with Gasteiger partial charge in [0.15, 0.2) is 0 Å². The molecule has 0 spiro atoms. The van der Waals surface area contributed by atoms with E-state index in [9.17, 15) is 13.6 Å². The lowest BCUT2D eigenvalue weighted by atomic mass is 10.2. The van der Waals surface area contributed by atoms with E-state index in [2.05, 4.69) is 15.5 Å². The van der Waals surface area contributed by atoms with Gasteiger partial charge in [-0.3, -0.25) is 4.79 Å². The van der Waals surface area contributed by atoms with E-state index in [0.29, 0.717) is 16.4 Å². The van der Waals surface area contributed by atoms with Crippen LogP contribution in [0.1, 0.15) is 16.2 Å². The van der Waals surface area contributed by atoms with E-state index in [1.54, 1.807) is 24.3 Å². The number of carbonyl (C=O) groups is 1. The molecule has 0 saturated heterocycles. The van der Waals surface area contributed by atoms with Crippen molar-refractivity contribution in [2.45, 2.75) is 6.54 Å². The number of hydrogen-bond acceptors (Lipinski definition) is 4. The van der Waals surface area contributed by atoms with Crippen molar-refractivity contribution in [2.24, 2.45) is 0 Å². The molecule has 1 aromatic heterocycles. The minimum absolute atomic E-state index is 0.0927. The summed E-state index contributed by atoms with van der Waals surface area (Å²) in [4.78, 5) is 16.0. The van der Waals surface area contributed by atoms with Gasteiger partial charge in [0.25, 0.3) is 5.91 Å². The van der Waals surface area contributed by atoms with Gasteiger partial charge in [0.1, 0.15) is 17.2 Å². The van der Waals surface area contributed by atoms with Gasteiger partial charge < -0.3 is 9.84 Å². The fraction of sp³-hybridized carbons (Fsp3) is 0.0625. The molecule has 1 heterocycles. The molecule has 0 aliphatic heterocycles. The minimum Gasteiger partial charge on any atom is -0.343 e. The van der Waals surface area contributed by atoms with Crippen LogP contribution in [0.4, 0.5) is 8.78 Å². The van der Waals surface area contributed by atoms with Crippen LogP contribution in [0.5, 0.6) is 0 Å². The van der Waals surface area contributed by atoms with Crippen LogP contribution in [0.2, 0.25) is 5.02 Å². The van der Waals surface area contributed by atoms with E-state index < -0.39 is 23.1 Å². The number of carbonyl (C=O) groups excluding carboxylic acids is 1. The highest BCUT2D eigenvalue weighted by Gasteiger charge is 2.18. The Kier molecular flexibility index (Phi) is 4.52. The lowest BCUT2D eigenvalue weighted by Gasteiger charge is -2.04. The summed E-state index contributed by atoms with van der Waals surface area (Å²) in [6.45, 7) is -0.166. The zero-order chi connectivity index (χ0) is 17.1. The number of benzene rings is 2. The third-order valence-electron chi connectivity index (χ3n) is 3.14. The Balaban J connectivity index is 1.71. The molecule has 0 atom stereocenters. The van der Waals surface area contributed by atoms with Crippen molar-refractivity contribution in [3.8, 4) is 11.4 Å². The smallest absolute Gasteiger partial charge is 0.257 e. The molecular weight excluding hydrogens is 340 g/mol. The van der Waals surface area contributed by atoms with Crippen molar-refractivity contribution in [3.05, 3.63) is 70.6 Å². The Morgan fingerprint density at radius 2 is 1.88 bits per heavy atom. The first-order valence-corrected chi connectivity index (χ1v) is 7.23. The van der Waals surface area contributed by atoms with Crippen molar-refractivity contribution in [1.29, 1.82) is 0 Å². The first-order chi connectivity index (χ1) is 11.5. The Bertz CT molecular complexity index is 878. The Morgan fingerprint density at radius 1 is 1.17 bits per heavy atom. The maximum atomic E-state index is 13.5. The maximum Gasteiger partial charge on any atom is 0.257 e. The van der Waals surface area contributed by atoms with E-state index in [1.807, 2.05) is 0 Å². The third kappa shape index (κ3) is 3.41. The van der Waals surface area contributed by atoms with Gasteiger partial charge in [-0.05, 0) is 24.3 Å². The number of hydrogen-bond donors (Lipinski definition) is 1. The third-order valence-corrected chi connectivity index (χ3v) is 3.38. The highest BCUT2D eigenvalue weighted by Crippen LogP contribution is 2.20. The number of halogens is 3. The molecule has 2 aromatic carbocycles. The second-order valence-electron chi connectivity index (χ2n) is 4.80. The van der Waals surface area contributed by atoms with Crippen LogP contribution in [0.25, 0.3) is 11.4 Å². The molecule has 0 radical (unpaired) electrons.